The van der Waals surface area contributed by atoms with E-state index in [4.69, 9.17) is 11.6 Å². The Balaban J connectivity index is 1.84. The Morgan fingerprint density at radius 3 is 2.83 bits per heavy atom. The smallest absolute Gasteiger partial charge is 0.225 e. The first kappa shape index (κ1) is 13.4. The highest BCUT2D eigenvalue weighted by molar-refractivity contribution is 6.30. The van der Waals surface area contributed by atoms with Crippen molar-refractivity contribution in [1.82, 2.24) is 4.90 Å². The summed E-state index contributed by atoms with van der Waals surface area (Å²) in [6.45, 7) is 4.35. The summed E-state index contributed by atoms with van der Waals surface area (Å²) < 4.78 is 0. The van der Waals surface area contributed by atoms with Crippen molar-refractivity contribution in [2.24, 2.45) is 0 Å². The van der Waals surface area contributed by atoms with Gasteiger partial charge in [-0.3, -0.25) is 4.79 Å². The second kappa shape index (κ2) is 6.21. The number of nitrogens with zero attached hydrogens (tertiary/aromatic N) is 1. The SMILES string of the molecule is CC(CC(=O)Nc1cccc(Cl)c1)N1CCCC1. The second-order valence-electron chi connectivity index (χ2n) is 4.85. The zero-order chi connectivity index (χ0) is 13.0. The predicted molar refractivity (Wildman–Crippen MR) is 75.0 cm³/mol. The molecule has 1 unspecified atom stereocenters. The zero-order valence-electron chi connectivity index (χ0n) is 10.7. The van der Waals surface area contributed by atoms with E-state index in [1.165, 1.54) is 12.8 Å². The van der Waals surface area contributed by atoms with Gasteiger partial charge in [0.15, 0.2) is 0 Å². The number of benzene rings is 1. The van der Waals surface area contributed by atoms with Crippen LogP contribution in [0.2, 0.25) is 5.02 Å². The molecule has 1 aromatic carbocycles. The summed E-state index contributed by atoms with van der Waals surface area (Å²) in [5, 5.41) is 3.53. The van der Waals surface area contributed by atoms with Crippen LogP contribution in [0.15, 0.2) is 24.3 Å². The van der Waals surface area contributed by atoms with Gasteiger partial charge in [-0.1, -0.05) is 17.7 Å². The Hall–Kier alpha value is -1.06. The molecule has 0 aliphatic carbocycles. The number of carbonyl (C=O) groups is 1. The monoisotopic (exact) mass is 266 g/mol. The van der Waals surface area contributed by atoms with Crippen molar-refractivity contribution in [2.75, 3.05) is 18.4 Å². The molecule has 1 aromatic rings. The standard InChI is InChI=1S/C14H19ClN2O/c1-11(17-7-2-3-8-17)9-14(18)16-13-6-4-5-12(15)10-13/h4-6,10-11H,2-3,7-9H2,1H3,(H,16,18). The number of amides is 1. The zero-order valence-corrected chi connectivity index (χ0v) is 11.4. The number of nitrogens with one attached hydrogen (secondary N) is 1. The number of hydrogen-bond acceptors (Lipinski definition) is 2. The van der Waals surface area contributed by atoms with Gasteiger partial charge < -0.3 is 10.2 Å². The van der Waals surface area contributed by atoms with Gasteiger partial charge in [0, 0.05) is 23.2 Å². The normalized spacial score (nSPS) is 17.7. The van der Waals surface area contributed by atoms with Gasteiger partial charge in [0.1, 0.15) is 0 Å². The molecule has 0 saturated carbocycles. The minimum absolute atomic E-state index is 0.0525. The van der Waals surface area contributed by atoms with Gasteiger partial charge in [0.25, 0.3) is 0 Å². The van der Waals surface area contributed by atoms with Crippen LogP contribution in [0.25, 0.3) is 0 Å². The Labute approximate surface area is 113 Å². The summed E-state index contributed by atoms with van der Waals surface area (Å²) >= 11 is 5.88. The molecular formula is C14H19ClN2O. The molecule has 1 atom stereocenters. The van der Waals surface area contributed by atoms with Crippen molar-refractivity contribution < 1.29 is 4.79 Å². The number of anilines is 1. The number of halogens is 1. The number of carbonyl (C=O) groups excluding carboxylic acids is 1. The van der Waals surface area contributed by atoms with Crippen molar-refractivity contribution in [1.29, 1.82) is 0 Å². The van der Waals surface area contributed by atoms with Crippen LogP contribution in [0.5, 0.6) is 0 Å². The van der Waals surface area contributed by atoms with Crippen LogP contribution in [0.1, 0.15) is 26.2 Å². The lowest BCUT2D eigenvalue weighted by Crippen LogP contribution is -2.33. The maximum atomic E-state index is 11.9. The van der Waals surface area contributed by atoms with E-state index in [1.807, 2.05) is 12.1 Å². The Bertz CT molecular complexity index is 416. The number of likely N-dealkylation sites (tertiary alicyclic amines) is 1. The van der Waals surface area contributed by atoms with Gasteiger partial charge in [0.2, 0.25) is 5.91 Å². The lowest BCUT2D eigenvalue weighted by atomic mass is 10.2. The van der Waals surface area contributed by atoms with Crippen LogP contribution in [0.3, 0.4) is 0 Å². The van der Waals surface area contributed by atoms with Crippen LogP contribution in [0.4, 0.5) is 5.69 Å². The maximum absolute atomic E-state index is 11.9. The van der Waals surface area contributed by atoms with E-state index < -0.39 is 0 Å². The molecule has 0 radical (unpaired) electrons. The average Bonchev–Trinajstić information content (AvgIpc) is 2.81. The molecular weight excluding hydrogens is 248 g/mol. The van der Waals surface area contributed by atoms with Crippen LogP contribution in [-0.4, -0.2) is 29.9 Å². The molecule has 1 aliphatic heterocycles. The molecule has 18 heavy (non-hydrogen) atoms. The van der Waals surface area contributed by atoms with Gasteiger partial charge in [-0.15, -0.1) is 0 Å². The molecule has 0 aromatic heterocycles. The Morgan fingerprint density at radius 1 is 1.44 bits per heavy atom. The molecule has 1 heterocycles. The van der Waals surface area contributed by atoms with Crippen LogP contribution in [0, 0.1) is 0 Å². The van der Waals surface area contributed by atoms with E-state index in [-0.39, 0.29) is 5.91 Å². The molecule has 4 heteroatoms. The first-order valence-electron chi connectivity index (χ1n) is 6.44. The van der Waals surface area contributed by atoms with Gasteiger partial charge in [-0.05, 0) is 51.1 Å². The van der Waals surface area contributed by atoms with Crippen molar-refractivity contribution in [3.8, 4) is 0 Å². The van der Waals surface area contributed by atoms with E-state index in [0.29, 0.717) is 17.5 Å². The highest BCUT2D eigenvalue weighted by Gasteiger charge is 2.20. The molecule has 2 rings (SSSR count). The fraction of sp³-hybridized carbons (Fsp3) is 0.500. The van der Waals surface area contributed by atoms with Crippen molar-refractivity contribution in [3.05, 3.63) is 29.3 Å². The molecule has 0 spiro atoms. The molecule has 1 fully saturated rings. The summed E-state index contributed by atoms with van der Waals surface area (Å²) in [4.78, 5) is 14.3. The van der Waals surface area contributed by atoms with Gasteiger partial charge >= 0.3 is 0 Å². The first-order valence-corrected chi connectivity index (χ1v) is 6.82. The van der Waals surface area contributed by atoms with Crippen molar-refractivity contribution >= 4 is 23.2 Å². The van der Waals surface area contributed by atoms with Crippen molar-refractivity contribution in [2.45, 2.75) is 32.2 Å². The lowest BCUT2D eigenvalue weighted by molar-refractivity contribution is -0.117. The number of rotatable bonds is 4. The van der Waals surface area contributed by atoms with E-state index in [9.17, 15) is 4.79 Å². The molecule has 1 amide bonds. The topological polar surface area (TPSA) is 32.3 Å². The molecule has 0 bridgehead atoms. The Morgan fingerprint density at radius 2 is 2.17 bits per heavy atom. The number of hydrogen-bond donors (Lipinski definition) is 1. The quantitative estimate of drug-likeness (QED) is 0.908. The third-order valence-electron chi connectivity index (χ3n) is 3.35. The van der Waals surface area contributed by atoms with E-state index in [1.54, 1.807) is 12.1 Å². The predicted octanol–water partition coefficient (Wildman–Crippen LogP) is 3.15. The fourth-order valence-corrected chi connectivity index (χ4v) is 2.55. The molecule has 1 aliphatic rings. The third-order valence-corrected chi connectivity index (χ3v) is 3.59. The third kappa shape index (κ3) is 3.72. The Kier molecular flexibility index (Phi) is 4.61. The minimum atomic E-state index is 0.0525. The minimum Gasteiger partial charge on any atom is -0.326 e. The van der Waals surface area contributed by atoms with Crippen LogP contribution >= 0.6 is 11.6 Å². The molecule has 3 nitrogen and oxygen atoms in total. The highest BCUT2D eigenvalue weighted by atomic mass is 35.5. The van der Waals surface area contributed by atoms with Crippen LogP contribution in [-0.2, 0) is 4.79 Å². The highest BCUT2D eigenvalue weighted by Crippen LogP contribution is 2.17. The van der Waals surface area contributed by atoms with Gasteiger partial charge in [-0.25, -0.2) is 0 Å². The molecule has 1 saturated heterocycles. The second-order valence-corrected chi connectivity index (χ2v) is 5.29. The average molecular weight is 267 g/mol. The maximum Gasteiger partial charge on any atom is 0.225 e. The van der Waals surface area contributed by atoms with Gasteiger partial charge in [-0.2, -0.15) is 0 Å². The summed E-state index contributed by atoms with van der Waals surface area (Å²) in [6.07, 6.45) is 3.03. The van der Waals surface area contributed by atoms with Crippen molar-refractivity contribution in [3.63, 3.8) is 0 Å². The summed E-state index contributed by atoms with van der Waals surface area (Å²) in [5.74, 6) is 0.0525. The summed E-state index contributed by atoms with van der Waals surface area (Å²) in [5.41, 5.74) is 0.765. The van der Waals surface area contributed by atoms with E-state index in [0.717, 1.165) is 18.8 Å². The fourth-order valence-electron chi connectivity index (χ4n) is 2.36. The first-order chi connectivity index (χ1) is 8.65. The summed E-state index contributed by atoms with van der Waals surface area (Å²) in [6, 6.07) is 7.56. The van der Waals surface area contributed by atoms with Gasteiger partial charge in [0.05, 0.1) is 0 Å². The van der Waals surface area contributed by atoms with E-state index in [2.05, 4.69) is 17.1 Å². The lowest BCUT2D eigenvalue weighted by Gasteiger charge is -2.23. The van der Waals surface area contributed by atoms with E-state index >= 15 is 0 Å². The molecule has 1 N–H and O–H groups in total. The molecule has 98 valence electrons. The largest absolute Gasteiger partial charge is 0.326 e. The van der Waals surface area contributed by atoms with Crippen LogP contribution < -0.4 is 5.32 Å². The summed E-state index contributed by atoms with van der Waals surface area (Å²) in [7, 11) is 0.